The van der Waals surface area contributed by atoms with E-state index in [2.05, 4.69) is 10.2 Å². The van der Waals surface area contributed by atoms with Gasteiger partial charge in [0.2, 0.25) is 5.91 Å². The van der Waals surface area contributed by atoms with Crippen molar-refractivity contribution in [2.45, 2.75) is 18.9 Å². The summed E-state index contributed by atoms with van der Waals surface area (Å²) < 4.78 is 0. The summed E-state index contributed by atoms with van der Waals surface area (Å²) in [5, 5.41) is 3.33. The Bertz CT molecular complexity index is 201. The minimum Gasteiger partial charge on any atom is -0.368 e. The quantitative estimate of drug-likeness (QED) is 0.599. The minimum atomic E-state index is -0.155. The summed E-state index contributed by atoms with van der Waals surface area (Å²) in [6.07, 6.45) is 2.19. The maximum atomic E-state index is 10.9. The number of nitrogens with one attached hydrogen (secondary N) is 1. The van der Waals surface area contributed by atoms with E-state index in [1.807, 2.05) is 0 Å². The summed E-state index contributed by atoms with van der Waals surface area (Å²) in [5.74, 6) is 0.569. The topological polar surface area (TPSA) is 58.4 Å². The number of nitrogens with zero attached hydrogens (tertiary/aromatic N) is 1. The van der Waals surface area contributed by atoms with Crippen LogP contribution in [0.15, 0.2) is 0 Å². The Labute approximate surface area is 78.5 Å². The van der Waals surface area contributed by atoms with E-state index in [0.717, 1.165) is 38.5 Å². The number of hydrogen-bond acceptors (Lipinski definition) is 3. The minimum absolute atomic E-state index is 0.0283. The molecule has 2 unspecified atom stereocenters. The van der Waals surface area contributed by atoms with E-state index < -0.39 is 0 Å². The predicted octanol–water partition coefficient (Wildman–Crippen LogP) is -0.844. The Morgan fingerprint density at radius 3 is 2.85 bits per heavy atom. The van der Waals surface area contributed by atoms with Gasteiger partial charge in [-0.25, -0.2) is 0 Å². The van der Waals surface area contributed by atoms with Crippen LogP contribution in [0.25, 0.3) is 0 Å². The Morgan fingerprint density at radius 1 is 1.54 bits per heavy atom. The molecule has 74 valence electrons. The van der Waals surface area contributed by atoms with Crippen molar-refractivity contribution in [2.75, 3.05) is 26.2 Å². The van der Waals surface area contributed by atoms with Crippen LogP contribution in [0.1, 0.15) is 12.8 Å². The maximum Gasteiger partial charge on any atom is 0.234 e. The van der Waals surface area contributed by atoms with Crippen molar-refractivity contribution in [3.05, 3.63) is 0 Å². The Morgan fingerprint density at radius 2 is 2.38 bits per heavy atom. The van der Waals surface area contributed by atoms with Gasteiger partial charge in [0, 0.05) is 13.1 Å². The van der Waals surface area contributed by atoms with Crippen LogP contribution in [0.5, 0.6) is 0 Å². The van der Waals surface area contributed by atoms with E-state index in [0.29, 0.717) is 0 Å². The molecule has 2 aliphatic rings. The van der Waals surface area contributed by atoms with E-state index in [-0.39, 0.29) is 11.9 Å². The van der Waals surface area contributed by atoms with Gasteiger partial charge in [0.05, 0.1) is 6.04 Å². The number of amides is 1. The largest absolute Gasteiger partial charge is 0.368 e. The lowest BCUT2D eigenvalue weighted by Crippen LogP contribution is -2.56. The fourth-order valence-corrected chi connectivity index (χ4v) is 2.18. The third-order valence-corrected chi connectivity index (χ3v) is 3.11. The smallest absolute Gasteiger partial charge is 0.234 e. The monoisotopic (exact) mass is 183 g/mol. The van der Waals surface area contributed by atoms with Gasteiger partial charge >= 0.3 is 0 Å². The lowest BCUT2D eigenvalue weighted by atomic mass is 9.99. The van der Waals surface area contributed by atoms with Gasteiger partial charge in [-0.05, 0) is 31.8 Å². The van der Waals surface area contributed by atoms with Crippen molar-refractivity contribution >= 4 is 5.91 Å². The standard InChI is InChI=1S/C9H17N3O/c10-9(13)8-2-4-12(8)6-7-1-3-11-5-7/h7-8,11H,1-6H2,(H2,10,13). The lowest BCUT2D eigenvalue weighted by molar-refractivity contribution is -0.127. The number of carbonyl (C=O) groups is 1. The lowest BCUT2D eigenvalue weighted by Gasteiger charge is -2.40. The zero-order valence-electron chi connectivity index (χ0n) is 7.83. The second-order valence-electron chi connectivity index (χ2n) is 4.06. The molecule has 2 rings (SSSR count). The van der Waals surface area contributed by atoms with Gasteiger partial charge in [-0.1, -0.05) is 0 Å². The van der Waals surface area contributed by atoms with Gasteiger partial charge in [0.1, 0.15) is 0 Å². The number of carbonyl (C=O) groups excluding carboxylic acids is 1. The number of rotatable bonds is 3. The first-order valence-electron chi connectivity index (χ1n) is 5.01. The normalized spacial score (nSPS) is 34.5. The highest BCUT2D eigenvalue weighted by Gasteiger charge is 2.34. The number of primary amides is 1. The summed E-state index contributed by atoms with van der Waals surface area (Å²) in [6, 6.07) is 0.0283. The van der Waals surface area contributed by atoms with Crippen molar-refractivity contribution in [1.29, 1.82) is 0 Å². The SMILES string of the molecule is NC(=O)C1CCN1CC1CCNC1. The molecule has 0 bridgehead atoms. The summed E-state index contributed by atoms with van der Waals surface area (Å²) in [5.41, 5.74) is 5.27. The highest BCUT2D eigenvalue weighted by Crippen LogP contribution is 2.20. The molecule has 1 amide bonds. The van der Waals surface area contributed by atoms with E-state index in [9.17, 15) is 4.79 Å². The van der Waals surface area contributed by atoms with Gasteiger partial charge < -0.3 is 11.1 Å². The summed E-state index contributed by atoms with van der Waals surface area (Å²) >= 11 is 0. The van der Waals surface area contributed by atoms with Gasteiger partial charge in [0.15, 0.2) is 0 Å². The number of hydrogen-bond donors (Lipinski definition) is 2. The van der Waals surface area contributed by atoms with Gasteiger partial charge in [-0.2, -0.15) is 0 Å². The molecule has 0 aromatic rings. The molecule has 4 heteroatoms. The molecule has 2 saturated heterocycles. The molecule has 0 saturated carbocycles. The number of likely N-dealkylation sites (tertiary alicyclic amines) is 1. The van der Waals surface area contributed by atoms with Gasteiger partial charge in [-0.3, -0.25) is 9.69 Å². The van der Waals surface area contributed by atoms with Crippen molar-refractivity contribution in [3.63, 3.8) is 0 Å². The molecule has 13 heavy (non-hydrogen) atoms. The third-order valence-electron chi connectivity index (χ3n) is 3.11. The Hall–Kier alpha value is -0.610. The molecule has 0 aliphatic carbocycles. The first-order chi connectivity index (χ1) is 6.27. The molecule has 0 radical (unpaired) electrons. The van der Waals surface area contributed by atoms with Crippen LogP contribution in [0.2, 0.25) is 0 Å². The van der Waals surface area contributed by atoms with Crippen LogP contribution in [-0.4, -0.2) is 43.0 Å². The van der Waals surface area contributed by atoms with Crippen LogP contribution in [0.3, 0.4) is 0 Å². The zero-order valence-corrected chi connectivity index (χ0v) is 7.83. The molecular weight excluding hydrogens is 166 g/mol. The molecular formula is C9H17N3O. The molecule has 3 N–H and O–H groups in total. The fraction of sp³-hybridized carbons (Fsp3) is 0.889. The van der Waals surface area contributed by atoms with Crippen LogP contribution >= 0.6 is 0 Å². The van der Waals surface area contributed by atoms with Crippen LogP contribution < -0.4 is 11.1 Å². The molecule has 2 fully saturated rings. The second kappa shape index (κ2) is 3.64. The maximum absolute atomic E-state index is 10.9. The van der Waals surface area contributed by atoms with Crippen molar-refractivity contribution in [1.82, 2.24) is 10.2 Å². The van der Waals surface area contributed by atoms with Crippen LogP contribution in [-0.2, 0) is 4.79 Å². The van der Waals surface area contributed by atoms with Crippen LogP contribution in [0, 0.1) is 5.92 Å². The van der Waals surface area contributed by atoms with Gasteiger partial charge in [0.25, 0.3) is 0 Å². The summed E-state index contributed by atoms with van der Waals surface area (Å²) in [4.78, 5) is 13.1. The molecule has 0 aromatic carbocycles. The molecule has 0 aromatic heterocycles. The highest BCUT2D eigenvalue weighted by molar-refractivity contribution is 5.80. The van der Waals surface area contributed by atoms with Crippen molar-refractivity contribution in [2.24, 2.45) is 11.7 Å². The second-order valence-corrected chi connectivity index (χ2v) is 4.06. The Kier molecular flexibility index (Phi) is 2.51. The Balaban J connectivity index is 1.78. The molecule has 2 atom stereocenters. The molecule has 2 heterocycles. The van der Waals surface area contributed by atoms with E-state index in [4.69, 9.17) is 5.73 Å². The number of nitrogens with two attached hydrogens (primary N) is 1. The van der Waals surface area contributed by atoms with E-state index in [1.165, 1.54) is 6.42 Å². The molecule has 4 nitrogen and oxygen atoms in total. The zero-order chi connectivity index (χ0) is 9.26. The highest BCUT2D eigenvalue weighted by atomic mass is 16.1. The van der Waals surface area contributed by atoms with E-state index in [1.54, 1.807) is 0 Å². The predicted molar refractivity (Wildman–Crippen MR) is 50.1 cm³/mol. The van der Waals surface area contributed by atoms with Gasteiger partial charge in [-0.15, -0.1) is 0 Å². The first kappa shape index (κ1) is 8.97. The molecule has 0 spiro atoms. The average molecular weight is 183 g/mol. The average Bonchev–Trinajstić information content (AvgIpc) is 2.48. The summed E-state index contributed by atoms with van der Waals surface area (Å²) in [6.45, 7) is 4.31. The fourth-order valence-electron chi connectivity index (χ4n) is 2.18. The van der Waals surface area contributed by atoms with Crippen molar-refractivity contribution in [3.8, 4) is 0 Å². The van der Waals surface area contributed by atoms with Crippen LogP contribution in [0.4, 0.5) is 0 Å². The van der Waals surface area contributed by atoms with Crippen molar-refractivity contribution < 1.29 is 4.79 Å². The third kappa shape index (κ3) is 1.84. The molecule has 2 aliphatic heterocycles. The summed E-state index contributed by atoms with van der Waals surface area (Å²) in [7, 11) is 0. The van der Waals surface area contributed by atoms with E-state index >= 15 is 0 Å². The first-order valence-corrected chi connectivity index (χ1v) is 5.01.